The molecule has 0 spiro atoms. The monoisotopic (exact) mass is 128 g/mol. The van der Waals surface area contributed by atoms with Gasteiger partial charge in [-0.2, -0.15) is 0 Å². The van der Waals surface area contributed by atoms with Crippen LogP contribution in [0.3, 0.4) is 0 Å². The Bertz CT molecular complexity index is 8.00. The van der Waals surface area contributed by atoms with Crippen LogP contribution in [0.1, 0.15) is 0 Å². The Morgan fingerprint density at radius 3 is 1.00 bits per heavy atom. The Balaban J connectivity index is 0. The van der Waals surface area contributed by atoms with Gasteiger partial charge in [0.25, 0.3) is 0 Å². The second-order valence-electron chi connectivity index (χ2n) is 0. The summed E-state index contributed by atoms with van der Waals surface area (Å²) in [5.74, 6) is 0. The molecule has 0 saturated carbocycles. The number of halogens is 1. The van der Waals surface area contributed by atoms with E-state index in [-0.39, 0.29) is 103 Å². The third kappa shape index (κ3) is 9.01. The minimum absolute atomic E-state index is 0. The standard InChI is InChI=1S/Ca.ClH.Mg.Na.5H/h;1H;;;;;;;. The Morgan fingerprint density at radius 2 is 1.00 bits per heavy atom. The molecule has 0 atom stereocenters. The summed E-state index contributed by atoms with van der Waals surface area (Å²) in [5.41, 5.74) is 0. The van der Waals surface area contributed by atoms with Gasteiger partial charge in [0, 0.05) is 0 Å². The zero-order valence-electron chi connectivity index (χ0n) is 0.408. The van der Waals surface area contributed by atoms with Crippen LogP contribution < -0.4 is 0 Å². The van der Waals surface area contributed by atoms with Gasteiger partial charge in [-0.25, -0.2) is 0 Å². The van der Waals surface area contributed by atoms with Crippen molar-refractivity contribution in [2.45, 2.75) is 0 Å². The van der Waals surface area contributed by atoms with Gasteiger partial charge in [0.1, 0.15) is 0 Å². The average molecular weight is 129 g/mol. The normalized spacial score (nSPS) is 0. The van der Waals surface area contributed by atoms with Gasteiger partial charge < -0.3 is 0 Å². The van der Waals surface area contributed by atoms with Crippen molar-refractivity contribution in [2.75, 3.05) is 0 Å². The molecule has 0 fully saturated rings. The van der Waals surface area contributed by atoms with E-state index in [2.05, 4.69) is 0 Å². The molecule has 0 aromatic carbocycles. The van der Waals surface area contributed by atoms with Crippen LogP contribution in [-0.2, 0) is 0 Å². The maximum absolute atomic E-state index is 0. The summed E-state index contributed by atoms with van der Waals surface area (Å²) in [6.45, 7) is 0. The van der Waals surface area contributed by atoms with Crippen LogP contribution in [0.15, 0.2) is 0 Å². The first-order valence-corrected chi connectivity index (χ1v) is 0. The molecular weight excluding hydrogens is 123 g/mol. The predicted octanol–water partition coefficient (Wildman–Crippen LogP) is -2.06. The molecular formula is H6CaClMgNa. The van der Waals surface area contributed by atoms with E-state index in [1.165, 1.54) is 0 Å². The van der Waals surface area contributed by atoms with E-state index in [9.17, 15) is 0 Å². The summed E-state index contributed by atoms with van der Waals surface area (Å²) in [5, 5.41) is 0. The summed E-state index contributed by atoms with van der Waals surface area (Å²) in [4.78, 5) is 0. The van der Waals surface area contributed by atoms with E-state index in [0.29, 0.717) is 0 Å². The van der Waals surface area contributed by atoms with Crippen LogP contribution in [-0.4, -0.2) is 90.3 Å². The topological polar surface area (TPSA) is 0 Å². The summed E-state index contributed by atoms with van der Waals surface area (Å²) < 4.78 is 0. The van der Waals surface area contributed by atoms with E-state index in [1.54, 1.807) is 0 Å². The molecule has 4 heavy (non-hydrogen) atoms. The SMILES string of the molecule is Cl.[CaH2].[MgH2].[NaH]. The summed E-state index contributed by atoms with van der Waals surface area (Å²) in [6.07, 6.45) is 0. The zero-order valence-corrected chi connectivity index (χ0v) is 1.22. The van der Waals surface area contributed by atoms with Gasteiger partial charge in [0.15, 0.2) is 0 Å². The van der Waals surface area contributed by atoms with Crippen molar-refractivity contribution in [3.8, 4) is 0 Å². The third-order valence-electron chi connectivity index (χ3n) is 0. The molecule has 0 N–H and O–H groups in total. The summed E-state index contributed by atoms with van der Waals surface area (Å²) >= 11 is 0. The second kappa shape index (κ2) is 16.2. The van der Waals surface area contributed by atoms with E-state index in [4.69, 9.17) is 0 Å². The zero-order chi connectivity index (χ0) is 0. The van der Waals surface area contributed by atoms with Gasteiger partial charge in [0.05, 0.1) is 0 Å². The van der Waals surface area contributed by atoms with Crippen molar-refractivity contribution in [1.29, 1.82) is 0 Å². The minimum atomic E-state index is 0. The van der Waals surface area contributed by atoms with Gasteiger partial charge in [0.2, 0.25) is 0 Å². The molecule has 0 aromatic rings. The Labute approximate surface area is 100 Å². The molecule has 18 valence electrons. The fraction of sp³-hybridized carbons (Fsp3) is 0. The molecule has 0 bridgehead atoms. The quantitative estimate of drug-likeness (QED) is 0.330. The predicted molar refractivity (Wildman–Crippen MR) is 31.5 cm³/mol. The fourth-order valence-electron chi connectivity index (χ4n) is 0. The van der Waals surface area contributed by atoms with Gasteiger partial charge in [-0.05, 0) is 0 Å². The molecule has 0 aliphatic carbocycles. The molecule has 0 aromatic heterocycles. The Hall–Kier alpha value is 3.32. The number of hydrogen-bond donors (Lipinski definition) is 0. The van der Waals surface area contributed by atoms with E-state index >= 15 is 0 Å². The van der Waals surface area contributed by atoms with Crippen LogP contribution in [0.4, 0.5) is 0 Å². The van der Waals surface area contributed by atoms with E-state index in [1.807, 2.05) is 0 Å². The molecule has 0 saturated heterocycles. The van der Waals surface area contributed by atoms with Crippen molar-refractivity contribution in [3.05, 3.63) is 0 Å². The first-order valence-electron chi connectivity index (χ1n) is 0. The second-order valence-corrected chi connectivity index (χ2v) is 0. The van der Waals surface area contributed by atoms with Crippen molar-refractivity contribution < 1.29 is 0 Å². The van der Waals surface area contributed by atoms with E-state index in [0.717, 1.165) is 0 Å². The van der Waals surface area contributed by atoms with Crippen LogP contribution in [0.25, 0.3) is 0 Å². The molecule has 0 radical (unpaired) electrons. The van der Waals surface area contributed by atoms with Gasteiger partial charge in [-0.15, -0.1) is 12.4 Å². The number of hydrogen-bond acceptors (Lipinski definition) is 0. The Morgan fingerprint density at radius 1 is 1.00 bits per heavy atom. The van der Waals surface area contributed by atoms with Crippen LogP contribution in [0, 0.1) is 0 Å². The molecule has 0 unspecified atom stereocenters. The van der Waals surface area contributed by atoms with Crippen LogP contribution in [0.2, 0.25) is 0 Å². The molecule has 0 rings (SSSR count). The molecule has 0 amide bonds. The summed E-state index contributed by atoms with van der Waals surface area (Å²) in [6, 6.07) is 0. The average Bonchev–Trinajstić information content (AvgIpc) is 0. The number of rotatable bonds is 0. The van der Waals surface area contributed by atoms with Crippen molar-refractivity contribution in [2.24, 2.45) is 0 Å². The first kappa shape index (κ1) is 26.5. The Kier molecular flexibility index (Phi) is 108. The molecule has 0 nitrogen and oxygen atoms in total. The van der Waals surface area contributed by atoms with E-state index < -0.39 is 0 Å². The van der Waals surface area contributed by atoms with Crippen molar-refractivity contribution in [3.63, 3.8) is 0 Å². The maximum atomic E-state index is 0. The first-order chi connectivity index (χ1) is 0. The molecule has 0 heterocycles. The fourth-order valence-corrected chi connectivity index (χ4v) is 0. The van der Waals surface area contributed by atoms with Crippen molar-refractivity contribution in [1.82, 2.24) is 0 Å². The van der Waals surface area contributed by atoms with Crippen LogP contribution >= 0.6 is 12.4 Å². The molecule has 0 aliphatic heterocycles. The van der Waals surface area contributed by atoms with Crippen molar-refractivity contribution >= 4 is 103 Å². The van der Waals surface area contributed by atoms with Gasteiger partial charge in [-0.3, -0.25) is 0 Å². The third-order valence-corrected chi connectivity index (χ3v) is 0. The molecule has 0 aliphatic rings. The molecule has 4 heteroatoms. The van der Waals surface area contributed by atoms with Gasteiger partial charge in [-0.1, -0.05) is 0 Å². The van der Waals surface area contributed by atoms with Gasteiger partial charge >= 0.3 is 90.3 Å². The van der Waals surface area contributed by atoms with Crippen LogP contribution in [0.5, 0.6) is 0 Å². The summed E-state index contributed by atoms with van der Waals surface area (Å²) in [7, 11) is 0.